The molecule has 3 rings (SSSR count). The second-order valence-electron chi connectivity index (χ2n) is 4.91. The molecule has 23 heavy (non-hydrogen) atoms. The molecular weight excluding hydrogens is 294 g/mol. The first-order valence-corrected chi connectivity index (χ1v) is 6.90. The molecular formula is C17H13N3O3. The Balaban J connectivity index is 1.79. The van der Waals surface area contributed by atoms with Gasteiger partial charge in [-0.15, -0.1) is 0 Å². The Hall–Kier alpha value is -3.41. The lowest BCUT2D eigenvalue weighted by Gasteiger charge is -1.98. The van der Waals surface area contributed by atoms with Crippen molar-refractivity contribution in [2.24, 2.45) is 0 Å². The molecule has 0 unspecified atom stereocenters. The zero-order chi connectivity index (χ0) is 16.2. The van der Waals surface area contributed by atoms with Crippen molar-refractivity contribution >= 4 is 17.8 Å². The summed E-state index contributed by atoms with van der Waals surface area (Å²) in [5.41, 5.74) is 2.96. The number of aromatic amines is 1. The molecule has 2 aromatic carbocycles. The Labute approximate surface area is 131 Å². The van der Waals surface area contributed by atoms with Crippen LogP contribution < -0.4 is 0 Å². The van der Waals surface area contributed by atoms with Crippen LogP contribution in [0, 0.1) is 10.1 Å². The van der Waals surface area contributed by atoms with E-state index in [1.165, 1.54) is 12.1 Å². The molecule has 6 heteroatoms. The van der Waals surface area contributed by atoms with Gasteiger partial charge in [-0.25, -0.2) is 0 Å². The summed E-state index contributed by atoms with van der Waals surface area (Å²) < 4.78 is 0. The van der Waals surface area contributed by atoms with E-state index >= 15 is 0 Å². The van der Waals surface area contributed by atoms with Crippen molar-refractivity contribution in [3.8, 4) is 17.0 Å². The Bertz CT molecular complexity index is 867. The SMILES string of the molecule is O=[N+]([O-])c1ccc(/C=C/c2cc(-c3ccccc3O)n[nH]2)cc1. The molecule has 0 bridgehead atoms. The largest absolute Gasteiger partial charge is 0.507 e. The van der Waals surface area contributed by atoms with Gasteiger partial charge in [0.1, 0.15) is 5.75 Å². The molecule has 0 amide bonds. The minimum atomic E-state index is -0.430. The standard InChI is InChI=1S/C17H13N3O3/c21-17-4-2-1-3-15(17)16-11-13(18-19-16)8-5-12-6-9-14(10-7-12)20(22)23/h1-11,21H,(H,18,19)/b8-5+. The molecule has 0 aliphatic rings. The van der Waals surface area contributed by atoms with Crippen molar-refractivity contribution in [3.63, 3.8) is 0 Å². The maximum Gasteiger partial charge on any atom is 0.269 e. The first kappa shape index (κ1) is 14.5. The quantitative estimate of drug-likeness (QED) is 0.565. The molecule has 3 aromatic rings. The summed E-state index contributed by atoms with van der Waals surface area (Å²) in [4.78, 5) is 10.2. The van der Waals surface area contributed by atoms with E-state index in [2.05, 4.69) is 10.2 Å². The highest BCUT2D eigenvalue weighted by molar-refractivity contribution is 5.73. The third-order valence-corrected chi connectivity index (χ3v) is 3.34. The number of nitrogens with one attached hydrogen (secondary N) is 1. The highest BCUT2D eigenvalue weighted by Crippen LogP contribution is 2.27. The van der Waals surface area contributed by atoms with Gasteiger partial charge in [-0.1, -0.05) is 18.2 Å². The lowest BCUT2D eigenvalue weighted by atomic mass is 10.1. The van der Waals surface area contributed by atoms with Crippen LogP contribution in [0.4, 0.5) is 5.69 Å². The van der Waals surface area contributed by atoms with E-state index < -0.39 is 4.92 Å². The Morgan fingerprint density at radius 1 is 1.09 bits per heavy atom. The Morgan fingerprint density at radius 2 is 1.83 bits per heavy atom. The Morgan fingerprint density at radius 3 is 2.52 bits per heavy atom. The smallest absolute Gasteiger partial charge is 0.269 e. The number of H-pyrrole nitrogens is 1. The van der Waals surface area contributed by atoms with Crippen LogP contribution in [0.25, 0.3) is 23.4 Å². The molecule has 0 aliphatic carbocycles. The summed E-state index contributed by atoms with van der Waals surface area (Å²) in [7, 11) is 0. The first-order valence-electron chi connectivity index (χ1n) is 6.90. The fourth-order valence-electron chi connectivity index (χ4n) is 2.14. The number of nitrogens with zero attached hydrogens (tertiary/aromatic N) is 2. The van der Waals surface area contributed by atoms with Crippen molar-refractivity contribution in [2.75, 3.05) is 0 Å². The number of para-hydroxylation sites is 1. The average molecular weight is 307 g/mol. The van der Waals surface area contributed by atoms with Gasteiger partial charge in [0.05, 0.1) is 16.3 Å². The summed E-state index contributed by atoms with van der Waals surface area (Å²) in [6, 6.07) is 15.1. The average Bonchev–Trinajstić information content (AvgIpc) is 3.02. The number of non-ortho nitro benzene ring substituents is 1. The number of hydrogen-bond acceptors (Lipinski definition) is 4. The van der Waals surface area contributed by atoms with Crippen LogP contribution in [0.2, 0.25) is 0 Å². The number of phenolic OH excluding ortho intramolecular Hbond substituents is 1. The number of nitro groups is 1. The summed E-state index contributed by atoms with van der Waals surface area (Å²) in [6.07, 6.45) is 3.64. The van der Waals surface area contributed by atoms with Gasteiger partial charge in [0.25, 0.3) is 5.69 Å². The minimum absolute atomic E-state index is 0.0607. The molecule has 1 heterocycles. The lowest BCUT2D eigenvalue weighted by Crippen LogP contribution is -1.86. The van der Waals surface area contributed by atoms with Crippen molar-refractivity contribution in [3.05, 3.63) is 76.0 Å². The zero-order valence-electron chi connectivity index (χ0n) is 12.0. The van der Waals surface area contributed by atoms with Crippen LogP contribution >= 0.6 is 0 Å². The van der Waals surface area contributed by atoms with E-state index in [0.717, 1.165) is 11.3 Å². The summed E-state index contributed by atoms with van der Waals surface area (Å²) >= 11 is 0. The van der Waals surface area contributed by atoms with Crippen molar-refractivity contribution in [1.29, 1.82) is 0 Å². The fraction of sp³-hybridized carbons (Fsp3) is 0. The maximum atomic E-state index is 10.6. The number of hydrogen-bond donors (Lipinski definition) is 2. The third kappa shape index (κ3) is 3.26. The Kier molecular flexibility index (Phi) is 3.88. The summed E-state index contributed by atoms with van der Waals surface area (Å²) in [6.45, 7) is 0. The minimum Gasteiger partial charge on any atom is -0.507 e. The van der Waals surface area contributed by atoms with Crippen LogP contribution in [-0.2, 0) is 0 Å². The van der Waals surface area contributed by atoms with Crippen LogP contribution in [0.5, 0.6) is 5.75 Å². The molecule has 0 saturated carbocycles. The van der Waals surface area contributed by atoms with Crippen molar-refractivity contribution < 1.29 is 10.0 Å². The number of benzene rings is 2. The zero-order valence-corrected chi connectivity index (χ0v) is 12.0. The predicted octanol–water partition coefficient (Wildman–Crippen LogP) is 3.86. The summed E-state index contributed by atoms with van der Waals surface area (Å²) in [5.74, 6) is 0.171. The highest BCUT2D eigenvalue weighted by atomic mass is 16.6. The molecule has 0 atom stereocenters. The van der Waals surface area contributed by atoms with Gasteiger partial charge in [0, 0.05) is 17.7 Å². The van der Waals surface area contributed by atoms with Gasteiger partial charge in [0.15, 0.2) is 0 Å². The van der Waals surface area contributed by atoms with Crippen LogP contribution in [0.1, 0.15) is 11.3 Å². The first-order chi connectivity index (χ1) is 11.1. The highest BCUT2D eigenvalue weighted by Gasteiger charge is 2.06. The van der Waals surface area contributed by atoms with E-state index in [9.17, 15) is 15.2 Å². The number of aromatic hydroxyl groups is 1. The van der Waals surface area contributed by atoms with Crippen molar-refractivity contribution in [1.82, 2.24) is 10.2 Å². The molecule has 1 aromatic heterocycles. The van der Waals surface area contributed by atoms with Gasteiger partial charge in [-0.05, 0) is 42.0 Å². The molecule has 0 fully saturated rings. The van der Waals surface area contributed by atoms with Gasteiger partial charge in [0.2, 0.25) is 0 Å². The monoisotopic (exact) mass is 307 g/mol. The topological polar surface area (TPSA) is 92.1 Å². The van der Waals surface area contributed by atoms with Crippen LogP contribution in [0.3, 0.4) is 0 Å². The molecule has 0 spiro atoms. The fourth-order valence-corrected chi connectivity index (χ4v) is 2.14. The number of phenols is 1. The van der Waals surface area contributed by atoms with E-state index in [0.29, 0.717) is 11.3 Å². The lowest BCUT2D eigenvalue weighted by molar-refractivity contribution is -0.384. The van der Waals surface area contributed by atoms with E-state index in [-0.39, 0.29) is 11.4 Å². The van der Waals surface area contributed by atoms with E-state index in [1.54, 1.807) is 30.3 Å². The third-order valence-electron chi connectivity index (χ3n) is 3.34. The second-order valence-corrected chi connectivity index (χ2v) is 4.91. The van der Waals surface area contributed by atoms with Gasteiger partial charge in [-0.3, -0.25) is 15.2 Å². The molecule has 0 aliphatic heterocycles. The molecule has 2 N–H and O–H groups in total. The van der Waals surface area contributed by atoms with Gasteiger partial charge in [-0.2, -0.15) is 5.10 Å². The number of aromatic nitrogens is 2. The summed E-state index contributed by atoms with van der Waals surface area (Å²) in [5, 5.41) is 27.5. The maximum absolute atomic E-state index is 10.6. The van der Waals surface area contributed by atoms with Crippen LogP contribution in [-0.4, -0.2) is 20.2 Å². The number of nitro benzene ring substituents is 1. The molecule has 0 radical (unpaired) electrons. The van der Waals surface area contributed by atoms with Crippen molar-refractivity contribution in [2.45, 2.75) is 0 Å². The predicted molar refractivity (Wildman–Crippen MR) is 87.7 cm³/mol. The molecule has 0 saturated heterocycles. The molecule has 6 nitrogen and oxygen atoms in total. The molecule has 114 valence electrons. The van der Waals surface area contributed by atoms with E-state index in [1.807, 2.05) is 24.3 Å². The van der Waals surface area contributed by atoms with Gasteiger partial charge < -0.3 is 5.11 Å². The number of rotatable bonds is 4. The van der Waals surface area contributed by atoms with E-state index in [4.69, 9.17) is 0 Å². The van der Waals surface area contributed by atoms with Gasteiger partial charge >= 0.3 is 0 Å². The van der Waals surface area contributed by atoms with Crippen LogP contribution in [0.15, 0.2) is 54.6 Å². The second kappa shape index (κ2) is 6.15. The normalized spacial score (nSPS) is 11.0.